The number of nitrogens with zero attached hydrogens (tertiary/aromatic N) is 3. The number of hydrogen-bond donors (Lipinski definition) is 1. The normalized spacial score (nSPS) is 21.0. The van der Waals surface area contributed by atoms with Crippen molar-refractivity contribution in [1.82, 2.24) is 9.80 Å². The maximum Gasteiger partial charge on any atom is 0.176 e. The number of ketones is 1. The van der Waals surface area contributed by atoms with Gasteiger partial charge in [-0.05, 0) is 55.0 Å². The molecule has 7 heteroatoms. The second-order valence-corrected chi connectivity index (χ2v) is 8.45. The summed E-state index contributed by atoms with van der Waals surface area (Å²) in [6.45, 7) is 5.72. The number of Topliss-reactive ketones (excluding diaryl/α,β-unsaturated/α-hetero) is 1. The third kappa shape index (κ3) is 5.86. The van der Waals surface area contributed by atoms with Crippen LogP contribution in [0.25, 0.3) is 0 Å². The fraction of sp³-hybridized carbons (Fsp3) is 0.440. The SMILES string of the molecule is COc1ccc(C(=O)CN2CC3CN(CCCNc4ccc(C#N)cc4)CC(C2)O3)cc1. The molecule has 0 aromatic heterocycles. The Kier molecular flexibility index (Phi) is 7.38. The number of methoxy groups -OCH3 is 1. The van der Waals surface area contributed by atoms with E-state index in [1.54, 1.807) is 7.11 Å². The molecule has 2 bridgehead atoms. The Labute approximate surface area is 189 Å². The number of hydrogen-bond acceptors (Lipinski definition) is 7. The fourth-order valence-electron chi connectivity index (χ4n) is 4.44. The van der Waals surface area contributed by atoms with Crippen LogP contribution in [-0.4, -0.2) is 80.7 Å². The first-order valence-electron chi connectivity index (χ1n) is 11.1. The van der Waals surface area contributed by atoms with E-state index < -0.39 is 0 Å². The quantitative estimate of drug-likeness (QED) is 0.480. The molecule has 2 heterocycles. The van der Waals surface area contributed by atoms with E-state index in [1.165, 1.54) is 0 Å². The van der Waals surface area contributed by atoms with Gasteiger partial charge < -0.3 is 14.8 Å². The summed E-state index contributed by atoms with van der Waals surface area (Å²) in [5.74, 6) is 0.896. The van der Waals surface area contributed by atoms with Gasteiger partial charge in [0.15, 0.2) is 5.78 Å². The van der Waals surface area contributed by atoms with Gasteiger partial charge in [-0.15, -0.1) is 0 Å². The summed E-state index contributed by atoms with van der Waals surface area (Å²) in [6.07, 6.45) is 1.34. The molecule has 2 aliphatic rings. The van der Waals surface area contributed by atoms with E-state index in [4.69, 9.17) is 14.7 Å². The molecule has 32 heavy (non-hydrogen) atoms. The van der Waals surface area contributed by atoms with Gasteiger partial charge in [0.25, 0.3) is 0 Å². The molecule has 2 aliphatic heterocycles. The average Bonchev–Trinajstić information content (AvgIpc) is 2.81. The molecular weight excluding hydrogens is 404 g/mol. The average molecular weight is 435 g/mol. The van der Waals surface area contributed by atoms with Gasteiger partial charge in [0, 0.05) is 50.5 Å². The smallest absolute Gasteiger partial charge is 0.176 e. The summed E-state index contributed by atoms with van der Waals surface area (Å²) in [5.41, 5.74) is 2.44. The molecule has 168 valence electrons. The molecule has 2 aromatic rings. The predicted molar refractivity (Wildman–Crippen MR) is 123 cm³/mol. The number of nitrogens with one attached hydrogen (secondary N) is 1. The number of carbonyl (C=O) groups is 1. The van der Waals surface area contributed by atoms with Gasteiger partial charge in [-0.3, -0.25) is 14.6 Å². The molecule has 0 amide bonds. The van der Waals surface area contributed by atoms with Crippen LogP contribution in [0.2, 0.25) is 0 Å². The highest BCUT2D eigenvalue weighted by atomic mass is 16.5. The molecule has 4 rings (SSSR count). The van der Waals surface area contributed by atoms with Gasteiger partial charge in [0.2, 0.25) is 0 Å². The largest absolute Gasteiger partial charge is 0.497 e. The number of morpholine rings is 2. The van der Waals surface area contributed by atoms with Crippen LogP contribution in [0.15, 0.2) is 48.5 Å². The van der Waals surface area contributed by atoms with E-state index in [-0.39, 0.29) is 18.0 Å². The number of rotatable bonds is 9. The molecular formula is C25H30N4O3. The van der Waals surface area contributed by atoms with Crippen LogP contribution in [0.3, 0.4) is 0 Å². The zero-order chi connectivity index (χ0) is 22.3. The maximum absolute atomic E-state index is 12.7. The molecule has 2 fully saturated rings. The fourth-order valence-corrected chi connectivity index (χ4v) is 4.44. The molecule has 0 aliphatic carbocycles. The van der Waals surface area contributed by atoms with Crippen molar-refractivity contribution in [2.24, 2.45) is 0 Å². The Balaban J connectivity index is 1.19. The summed E-state index contributed by atoms with van der Waals surface area (Å²) in [5, 5.41) is 12.3. The predicted octanol–water partition coefficient (Wildman–Crippen LogP) is 2.64. The van der Waals surface area contributed by atoms with E-state index in [9.17, 15) is 4.79 Å². The Bertz CT molecular complexity index is 925. The highest BCUT2D eigenvalue weighted by molar-refractivity contribution is 5.97. The second kappa shape index (κ2) is 10.6. The Morgan fingerprint density at radius 3 is 2.34 bits per heavy atom. The summed E-state index contributed by atoms with van der Waals surface area (Å²) in [7, 11) is 1.62. The van der Waals surface area contributed by atoms with E-state index >= 15 is 0 Å². The first-order chi connectivity index (χ1) is 15.6. The van der Waals surface area contributed by atoms with Crippen molar-refractivity contribution >= 4 is 11.5 Å². The molecule has 2 atom stereocenters. The Morgan fingerprint density at radius 2 is 1.72 bits per heavy atom. The van der Waals surface area contributed by atoms with Crippen molar-refractivity contribution in [2.75, 3.05) is 58.2 Å². The van der Waals surface area contributed by atoms with Crippen LogP contribution in [-0.2, 0) is 4.74 Å². The molecule has 2 unspecified atom stereocenters. The lowest BCUT2D eigenvalue weighted by Crippen LogP contribution is -2.60. The van der Waals surface area contributed by atoms with E-state index in [0.717, 1.165) is 62.7 Å². The van der Waals surface area contributed by atoms with Crippen molar-refractivity contribution in [1.29, 1.82) is 5.26 Å². The van der Waals surface area contributed by atoms with Gasteiger partial charge >= 0.3 is 0 Å². The van der Waals surface area contributed by atoms with Crippen LogP contribution in [0.4, 0.5) is 5.69 Å². The maximum atomic E-state index is 12.7. The zero-order valence-electron chi connectivity index (χ0n) is 18.5. The van der Waals surface area contributed by atoms with Crippen LogP contribution >= 0.6 is 0 Å². The first kappa shape index (κ1) is 22.3. The lowest BCUT2D eigenvalue weighted by molar-refractivity contribution is -0.136. The number of nitriles is 1. The number of anilines is 1. The monoisotopic (exact) mass is 434 g/mol. The molecule has 0 radical (unpaired) electrons. The van der Waals surface area contributed by atoms with Crippen molar-refractivity contribution in [3.8, 4) is 11.8 Å². The number of fused-ring (bicyclic) bond motifs is 2. The molecule has 0 spiro atoms. The van der Waals surface area contributed by atoms with Gasteiger partial charge in [0.05, 0.1) is 37.5 Å². The molecule has 2 aromatic carbocycles. The minimum atomic E-state index is 0.137. The summed E-state index contributed by atoms with van der Waals surface area (Å²) in [6, 6.07) is 17.0. The van der Waals surface area contributed by atoms with Crippen molar-refractivity contribution in [2.45, 2.75) is 18.6 Å². The van der Waals surface area contributed by atoms with Gasteiger partial charge in [-0.2, -0.15) is 5.26 Å². The number of carbonyl (C=O) groups excluding carboxylic acids is 1. The molecule has 7 nitrogen and oxygen atoms in total. The lowest BCUT2D eigenvalue weighted by atomic mass is 10.1. The van der Waals surface area contributed by atoms with Gasteiger partial charge in [-0.25, -0.2) is 0 Å². The summed E-state index contributed by atoms with van der Waals surface area (Å²) < 4.78 is 11.3. The van der Waals surface area contributed by atoms with E-state index in [2.05, 4.69) is 21.2 Å². The van der Waals surface area contributed by atoms with Gasteiger partial charge in [-0.1, -0.05) is 0 Å². The third-order valence-electron chi connectivity index (χ3n) is 6.01. The standard InChI is InChI=1S/C25H30N4O3/c1-31-22-9-5-20(6-10-22)25(30)18-29-16-23-14-28(15-24(17-29)32-23)12-2-11-27-21-7-3-19(13-26)4-8-21/h3-10,23-24,27H,2,11-12,14-18H2,1H3. The van der Waals surface area contributed by atoms with Crippen molar-refractivity contribution in [3.63, 3.8) is 0 Å². The van der Waals surface area contributed by atoms with Crippen LogP contribution in [0.1, 0.15) is 22.3 Å². The summed E-state index contributed by atoms with van der Waals surface area (Å²) >= 11 is 0. The lowest BCUT2D eigenvalue weighted by Gasteiger charge is -2.45. The number of ether oxygens (including phenoxy) is 2. The third-order valence-corrected chi connectivity index (χ3v) is 6.01. The Hall–Kier alpha value is -2.92. The minimum absolute atomic E-state index is 0.137. The van der Waals surface area contributed by atoms with Crippen molar-refractivity contribution < 1.29 is 14.3 Å². The van der Waals surface area contributed by atoms with Crippen molar-refractivity contribution in [3.05, 3.63) is 59.7 Å². The van der Waals surface area contributed by atoms with Gasteiger partial charge in [0.1, 0.15) is 5.75 Å². The summed E-state index contributed by atoms with van der Waals surface area (Å²) in [4.78, 5) is 17.4. The zero-order valence-corrected chi connectivity index (χ0v) is 18.5. The van der Waals surface area contributed by atoms with Crippen LogP contribution in [0.5, 0.6) is 5.75 Å². The minimum Gasteiger partial charge on any atom is -0.497 e. The molecule has 1 N–H and O–H groups in total. The van der Waals surface area contributed by atoms with Crippen LogP contribution in [0, 0.1) is 11.3 Å². The highest BCUT2D eigenvalue weighted by Crippen LogP contribution is 2.20. The Morgan fingerprint density at radius 1 is 1.06 bits per heavy atom. The number of benzene rings is 2. The van der Waals surface area contributed by atoms with E-state index in [1.807, 2.05) is 48.5 Å². The topological polar surface area (TPSA) is 77.8 Å². The molecule has 2 saturated heterocycles. The first-order valence-corrected chi connectivity index (χ1v) is 11.1. The van der Waals surface area contributed by atoms with E-state index in [0.29, 0.717) is 12.1 Å². The van der Waals surface area contributed by atoms with Crippen LogP contribution < -0.4 is 10.1 Å². The second-order valence-electron chi connectivity index (χ2n) is 8.45. The molecule has 0 saturated carbocycles. The highest BCUT2D eigenvalue weighted by Gasteiger charge is 2.35.